The number of aromatic nitrogens is 10. The molecule has 0 spiro atoms. The summed E-state index contributed by atoms with van der Waals surface area (Å²) in [4.78, 5) is 29.4. The van der Waals surface area contributed by atoms with E-state index in [4.69, 9.17) is 28.3 Å². The van der Waals surface area contributed by atoms with E-state index in [1.165, 1.54) is 5.56 Å². The minimum absolute atomic E-state index is 0. The maximum atomic E-state index is 9.48. The van der Waals surface area contributed by atoms with Gasteiger partial charge in [-0.1, -0.05) is 12.1 Å². The molecule has 8 aromatic rings. The van der Waals surface area contributed by atoms with Crippen LogP contribution in [0.1, 0.15) is 71.7 Å². The van der Waals surface area contributed by atoms with Crippen molar-refractivity contribution in [1.29, 1.82) is 10.5 Å². The summed E-state index contributed by atoms with van der Waals surface area (Å²) >= 11 is 0. The first kappa shape index (κ1) is 48.8. The highest BCUT2D eigenvalue weighted by molar-refractivity contribution is 5.66. The van der Waals surface area contributed by atoms with Crippen LogP contribution in [-0.2, 0) is 22.1 Å². The predicted octanol–water partition coefficient (Wildman–Crippen LogP) is 9.18. The van der Waals surface area contributed by atoms with Crippen LogP contribution in [0.5, 0.6) is 5.75 Å². The molecule has 18 heteroatoms. The third-order valence-electron chi connectivity index (χ3n) is 12.5. The molecule has 1 N–H and O–H groups in total. The molecule has 0 saturated carbocycles. The largest absolute Gasteiger partial charge is 0.488 e. The van der Waals surface area contributed by atoms with E-state index in [0.29, 0.717) is 69.3 Å². The SMILES string of the molecule is Cc1ncc(-c2ccnc(C(C)(C)C#N)c2)nc1-c1nnc(-c2ccc(CNC3CCCOC3)cc2)o1.Cc1ncc(-c2ccnc(C(C)(C)C#N)c2)nc1-c1nnc(-c2ccc(OC3CN(C)C3)cc2)o1.[HH].[HH]. The van der Waals surface area contributed by atoms with E-state index in [-0.39, 0.29) is 14.8 Å². The highest BCUT2D eigenvalue weighted by Gasteiger charge is 2.26. The molecule has 0 amide bonds. The van der Waals surface area contributed by atoms with Crippen LogP contribution in [0.3, 0.4) is 0 Å². The molecular weight excluding hydrogens is 909 g/mol. The second kappa shape index (κ2) is 21.1. The third-order valence-corrected chi connectivity index (χ3v) is 12.5. The summed E-state index contributed by atoms with van der Waals surface area (Å²) in [6.07, 6.45) is 9.22. The summed E-state index contributed by atoms with van der Waals surface area (Å²) in [5.41, 5.74) is 7.97. The minimum Gasteiger partial charge on any atom is -0.488 e. The summed E-state index contributed by atoms with van der Waals surface area (Å²) in [7, 11) is 2.07. The number of aryl methyl sites for hydroxylation is 2. The average Bonchev–Trinajstić information content (AvgIpc) is 4.11. The van der Waals surface area contributed by atoms with Gasteiger partial charge in [0.15, 0.2) is 0 Å². The van der Waals surface area contributed by atoms with Crippen LogP contribution >= 0.6 is 0 Å². The number of rotatable bonds is 13. The Morgan fingerprint density at radius 1 is 0.681 bits per heavy atom. The van der Waals surface area contributed by atoms with Crippen LogP contribution in [0.25, 0.3) is 68.6 Å². The molecule has 2 saturated heterocycles. The van der Waals surface area contributed by atoms with E-state index >= 15 is 0 Å². The Hall–Kier alpha value is -8.16. The molecule has 2 aromatic carbocycles. The molecule has 0 radical (unpaired) electrons. The zero-order chi connectivity index (χ0) is 50.4. The van der Waals surface area contributed by atoms with Gasteiger partial charge < -0.3 is 23.6 Å². The van der Waals surface area contributed by atoms with Gasteiger partial charge in [-0.3, -0.25) is 24.8 Å². The number of nitrogens with one attached hydrogen (secondary N) is 1. The molecule has 368 valence electrons. The Morgan fingerprint density at radius 2 is 1.18 bits per heavy atom. The van der Waals surface area contributed by atoms with Crippen molar-refractivity contribution in [2.45, 2.75) is 83.9 Å². The maximum Gasteiger partial charge on any atom is 0.268 e. The summed E-state index contributed by atoms with van der Waals surface area (Å²) < 4.78 is 23.4. The molecule has 2 aliphatic rings. The van der Waals surface area contributed by atoms with Gasteiger partial charge in [0.2, 0.25) is 11.8 Å². The van der Waals surface area contributed by atoms with E-state index in [1.54, 1.807) is 24.8 Å². The lowest BCUT2D eigenvalue weighted by molar-refractivity contribution is 0.0388. The van der Waals surface area contributed by atoms with Gasteiger partial charge in [-0.25, -0.2) is 9.97 Å². The Labute approximate surface area is 420 Å². The summed E-state index contributed by atoms with van der Waals surface area (Å²) in [6, 6.07) is 28.1. The summed E-state index contributed by atoms with van der Waals surface area (Å²) in [5, 5.41) is 39.4. The number of hydrogen-bond acceptors (Lipinski definition) is 18. The Kier molecular flexibility index (Phi) is 14.3. The second-order valence-electron chi connectivity index (χ2n) is 19.0. The van der Waals surface area contributed by atoms with Crippen LogP contribution in [0.2, 0.25) is 0 Å². The molecule has 8 heterocycles. The van der Waals surface area contributed by atoms with E-state index in [1.807, 2.05) is 102 Å². The second-order valence-corrected chi connectivity index (χ2v) is 19.0. The summed E-state index contributed by atoms with van der Waals surface area (Å²) in [5.74, 6) is 2.22. The number of benzene rings is 2. The smallest absolute Gasteiger partial charge is 0.268 e. The molecule has 6 aromatic heterocycles. The van der Waals surface area contributed by atoms with Crippen molar-refractivity contribution in [3.05, 3.63) is 126 Å². The first-order valence-corrected chi connectivity index (χ1v) is 23.7. The third kappa shape index (κ3) is 11.2. The summed E-state index contributed by atoms with van der Waals surface area (Å²) in [6.45, 7) is 15.3. The first-order valence-electron chi connectivity index (χ1n) is 23.7. The number of nitrogens with zero attached hydrogens (tertiary/aromatic N) is 13. The van der Waals surface area contributed by atoms with E-state index < -0.39 is 10.8 Å². The lowest BCUT2D eigenvalue weighted by Gasteiger charge is -2.35. The van der Waals surface area contributed by atoms with Crippen LogP contribution < -0.4 is 10.1 Å². The van der Waals surface area contributed by atoms with E-state index in [9.17, 15) is 10.5 Å². The van der Waals surface area contributed by atoms with Gasteiger partial charge in [-0.05, 0) is 128 Å². The monoisotopic (exact) mass is 966 g/mol. The maximum absolute atomic E-state index is 9.48. The predicted molar refractivity (Wildman–Crippen MR) is 272 cm³/mol. The van der Waals surface area contributed by atoms with Gasteiger partial charge in [0.05, 0.1) is 76.1 Å². The van der Waals surface area contributed by atoms with Crippen molar-refractivity contribution in [3.63, 3.8) is 0 Å². The fraction of sp³-hybridized carbons (Fsp3) is 0.333. The highest BCUT2D eigenvalue weighted by Crippen LogP contribution is 2.32. The van der Waals surface area contributed by atoms with Crippen molar-refractivity contribution >= 4 is 0 Å². The Bertz CT molecular complexity index is 3270. The fourth-order valence-corrected chi connectivity index (χ4v) is 7.94. The van der Waals surface area contributed by atoms with Gasteiger partial charge >= 0.3 is 0 Å². The van der Waals surface area contributed by atoms with Crippen molar-refractivity contribution in [3.8, 4) is 86.5 Å². The molecular formula is C54H58N14O4. The van der Waals surface area contributed by atoms with E-state index in [2.05, 4.69) is 81.9 Å². The van der Waals surface area contributed by atoms with Crippen molar-refractivity contribution in [2.24, 2.45) is 0 Å². The molecule has 2 fully saturated rings. The zero-order valence-electron chi connectivity index (χ0n) is 41.3. The van der Waals surface area contributed by atoms with Gasteiger partial charge in [-0.2, -0.15) is 10.5 Å². The number of pyridine rings is 2. The molecule has 1 unspecified atom stereocenters. The average molecular weight is 967 g/mol. The van der Waals surface area contributed by atoms with Gasteiger partial charge in [0.25, 0.3) is 11.8 Å². The van der Waals surface area contributed by atoms with Crippen LogP contribution in [0, 0.1) is 36.5 Å². The standard InChI is InChI=1S/C28H29N7O2.C26H25N7O2.2H2/c1-18-25(33-23(15-31-18)21-10-11-30-24(13-21)28(2,3)17-29)27-35-34-26(37-27)20-8-6-19(7-9-20)14-32-22-5-4-12-36-16-22;1-16-23(30-21(12-29-16)18-9-10-28-22(11-18)26(2,3)15-27)25-32-31-24(35-25)17-5-7-19(8-6-17)34-20-13-33(4)14-20;;/h6-11,13,15,22,32H,4-5,12,14,16H2,1-3H3;5-12,20H,13-14H2,1-4H3;2*1H. The number of hydrogen-bond donors (Lipinski definition) is 1. The molecule has 72 heavy (non-hydrogen) atoms. The Morgan fingerprint density at radius 3 is 1.65 bits per heavy atom. The van der Waals surface area contributed by atoms with Crippen LogP contribution in [0.15, 0.2) is 106 Å². The van der Waals surface area contributed by atoms with Gasteiger partial charge in [0.1, 0.15) is 23.2 Å². The number of nitriles is 2. The lowest BCUT2D eigenvalue weighted by Crippen LogP contribution is -2.51. The van der Waals surface area contributed by atoms with E-state index in [0.717, 1.165) is 73.7 Å². The van der Waals surface area contributed by atoms with Gasteiger partial charge in [-0.15, -0.1) is 20.4 Å². The highest BCUT2D eigenvalue weighted by atomic mass is 16.5. The lowest BCUT2D eigenvalue weighted by atomic mass is 9.90. The van der Waals surface area contributed by atoms with Crippen LogP contribution in [-0.4, -0.2) is 101 Å². The fourth-order valence-electron chi connectivity index (χ4n) is 7.94. The van der Waals surface area contributed by atoms with Crippen molar-refractivity contribution in [1.82, 2.24) is 60.5 Å². The zero-order valence-corrected chi connectivity index (χ0v) is 41.3. The molecule has 18 nitrogen and oxygen atoms in total. The molecule has 2 aliphatic heterocycles. The number of likely N-dealkylation sites (N-methyl/N-ethyl adjacent to an activating group) is 1. The van der Waals surface area contributed by atoms with Crippen molar-refractivity contribution in [2.75, 3.05) is 33.4 Å². The minimum atomic E-state index is -0.715. The number of likely N-dealkylation sites (tertiary alicyclic amines) is 1. The molecule has 10 rings (SSSR count). The van der Waals surface area contributed by atoms with Gasteiger partial charge in [0, 0.05) is 69.8 Å². The van der Waals surface area contributed by atoms with Crippen molar-refractivity contribution < 1.29 is 21.2 Å². The molecule has 0 aliphatic carbocycles. The quantitative estimate of drug-likeness (QED) is 0.113. The van der Waals surface area contributed by atoms with Crippen LogP contribution in [0.4, 0.5) is 0 Å². The molecule has 0 bridgehead atoms. The molecule has 1 atom stereocenters. The number of ether oxygens (including phenoxy) is 2. The Balaban J connectivity index is 0.000000211. The first-order chi connectivity index (χ1) is 34.7. The topological polar surface area (TPSA) is 236 Å². The normalized spacial score (nSPS) is 15.2.